The van der Waals surface area contributed by atoms with Gasteiger partial charge in [0.25, 0.3) is 0 Å². The number of rotatable bonds is 8. The zero-order valence-corrected chi connectivity index (χ0v) is 18.6. The summed E-state index contributed by atoms with van der Waals surface area (Å²) in [5, 5.41) is 8.51. The Balaban J connectivity index is 1.25. The second-order valence-electron chi connectivity index (χ2n) is 9.00. The zero-order chi connectivity index (χ0) is 22.0. The van der Waals surface area contributed by atoms with Crippen molar-refractivity contribution in [2.75, 3.05) is 13.7 Å². The quantitative estimate of drug-likeness (QED) is 0.542. The highest BCUT2D eigenvalue weighted by atomic mass is 16.5. The van der Waals surface area contributed by atoms with Crippen LogP contribution in [0.1, 0.15) is 49.1 Å². The van der Waals surface area contributed by atoms with Gasteiger partial charge >= 0.3 is 0 Å². The monoisotopic (exact) mass is 430 g/mol. The average molecular weight is 431 g/mol. The highest BCUT2D eigenvalue weighted by Gasteiger charge is 2.54. The third kappa shape index (κ3) is 4.01. The molecule has 6 nitrogen and oxygen atoms in total. The Hall–Kier alpha value is -3.15. The molecule has 5 rings (SSSR count). The smallest absolute Gasteiger partial charge is 0.233 e. The number of aryl methyl sites for hydroxylation is 1. The van der Waals surface area contributed by atoms with E-state index in [1.165, 1.54) is 5.56 Å². The summed E-state index contributed by atoms with van der Waals surface area (Å²) in [6.45, 7) is 1.63. The molecule has 2 heterocycles. The van der Waals surface area contributed by atoms with Gasteiger partial charge in [-0.1, -0.05) is 42.5 Å². The van der Waals surface area contributed by atoms with Crippen molar-refractivity contribution in [1.82, 2.24) is 19.7 Å². The predicted octanol–water partition coefficient (Wildman–Crippen LogP) is 3.99. The van der Waals surface area contributed by atoms with Crippen LogP contribution in [0.2, 0.25) is 0 Å². The molecule has 0 N–H and O–H groups in total. The fraction of sp³-hybridized carbons (Fsp3) is 0.423. The van der Waals surface area contributed by atoms with Crippen LogP contribution in [0.25, 0.3) is 0 Å². The Morgan fingerprint density at radius 2 is 1.91 bits per heavy atom. The SMILES string of the molecule is COc1ccc(C2(C(=O)N3CCCC3CCc3nncn3Cc3ccccc3)CC2)cc1. The standard InChI is InChI=1S/C26H30N4O2/c1-32-23-12-9-21(10-13-23)26(15-16-26)25(31)30-17-5-8-22(30)11-14-24-28-27-19-29(24)18-20-6-3-2-4-7-20/h2-4,6-7,9-10,12-13,19,22H,5,8,11,14-18H2,1H3. The van der Waals surface area contributed by atoms with E-state index in [1.54, 1.807) is 7.11 Å². The molecule has 2 fully saturated rings. The summed E-state index contributed by atoms with van der Waals surface area (Å²) in [6, 6.07) is 18.7. The Morgan fingerprint density at radius 3 is 2.62 bits per heavy atom. The Labute approximate surface area is 189 Å². The number of carbonyl (C=O) groups is 1. The molecule has 0 bridgehead atoms. The Kier molecular flexibility index (Phi) is 5.68. The van der Waals surface area contributed by atoms with Crippen LogP contribution in [0.4, 0.5) is 0 Å². The molecule has 1 aliphatic heterocycles. The van der Waals surface area contributed by atoms with E-state index in [4.69, 9.17) is 4.74 Å². The van der Waals surface area contributed by atoms with Gasteiger partial charge < -0.3 is 14.2 Å². The number of nitrogens with zero attached hydrogens (tertiary/aromatic N) is 4. The molecule has 2 aromatic carbocycles. The minimum atomic E-state index is -0.331. The van der Waals surface area contributed by atoms with Crippen LogP contribution in [-0.4, -0.2) is 45.3 Å². The molecule has 1 saturated carbocycles. The van der Waals surface area contributed by atoms with Gasteiger partial charge in [-0.3, -0.25) is 4.79 Å². The van der Waals surface area contributed by atoms with Gasteiger partial charge in [0.2, 0.25) is 5.91 Å². The lowest BCUT2D eigenvalue weighted by molar-refractivity contribution is -0.134. The normalized spacial score (nSPS) is 19.2. The van der Waals surface area contributed by atoms with Crippen molar-refractivity contribution in [3.63, 3.8) is 0 Å². The van der Waals surface area contributed by atoms with Gasteiger partial charge in [0.1, 0.15) is 17.9 Å². The molecule has 166 valence electrons. The highest BCUT2D eigenvalue weighted by molar-refractivity contribution is 5.91. The summed E-state index contributed by atoms with van der Waals surface area (Å²) in [5.74, 6) is 2.12. The largest absolute Gasteiger partial charge is 0.497 e. The minimum Gasteiger partial charge on any atom is -0.497 e. The van der Waals surface area contributed by atoms with Crippen LogP contribution >= 0.6 is 0 Å². The van der Waals surface area contributed by atoms with Gasteiger partial charge in [0.05, 0.1) is 19.1 Å². The first-order valence-electron chi connectivity index (χ1n) is 11.6. The lowest BCUT2D eigenvalue weighted by Gasteiger charge is -2.29. The molecule has 1 amide bonds. The average Bonchev–Trinajstić information content (AvgIpc) is 3.31. The maximum atomic E-state index is 13.6. The topological polar surface area (TPSA) is 60.2 Å². The summed E-state index contributed by atoms with van der Waals surface area (Å²) in [5.41, 5.74) is 2.03. The van der Waals surface area contributed by atoms with Crippen LogP contribution in [0.15, 0.2) is 60.9 Å². The molecule has 6 heteroatoms. The molecule has 3 aromatic rings. The van der Waals surface area contributed by atoms with E-state index < -0.39 is 0 Å². The first-order chi connectivity index (χ1) is 15.7. The van der Waals surface area contributed by atoms with Crippen molar-refractivity contribution in [3.05, 3.63) is 77.9 Å². The van der Waals surface area contributed by atoms with Crippen molar-refractivity contribution < 1.29 is 9.53 Å². The molecule has 32 heavy (non-hydrogen) atoms. The minimum absolute atomic E-state index is 0.278. The molecule has 1 atom stereocenters. The van der Waals surface area contributed by atoms with Gasteiger partial charge in [-0.25, -0.2) is 0 Å². The van der Waals surface area contributed by atoms with Crippen LogP contribution in [-0.2, 0) is 23.2 Å². The molecule has 1 unspecified atom stereocenters. The molecule has 0 spiro atoms. The number of aromatic nitrogens is 3. The Bertz CT molecular complexity index is 1060. The summed E-state index contributed by atoms with van der Waals surface area (Å²) >= 11 is 0. The lowest BCUT2D eigenvalue weighted by Crippen LogP contribution is -2.42. The first-order valence-corrected chi connectivity index (χ1v) is 11.6. The number of likely N-dealkylation sites (tertiary alicyclic amines) is 1. The van der Waals surface area contributed by atoms with Crippen LogP contribution in [0, 0.1) is 0 Å². The van der Waals surface area contributed by atoms with E-state index in [1.807, 2.05) is 24.5 Å². The molecule has 1 aromatic heterocycles. The van der Waals surface area contributed by atoms with Crippen molar-refractivity contribution in [3.8, 4) is 5.75 Å². The maximum absolute atomic E-state index is 13.6. The fourth-order valence-electron chi connectivity index (χ4n) is 5.02. The number of hydrogen-bond acceptors (Lipinski definition) is 4. The fourth-order valence-corrected chi connectivity index (χ4v) is 5.02. The van der Waals surface area contributed by atoms with E-state index in [9.17, 15) is 4.79 Å². The number of hydrogen-bond donors (Lipinski definition) is 0. The van der Waals surface area contributed by atoms with E-state index in [2.05, 4.69) is 56.1 Å². The molecular formula is C26H30N4O2. The number of amides is 1. The molecular weight excluding hydrogens is 400 g/mol. The second kappa shape index (κ2) is 8.77. The number of methoxy groups -OCH3 is 1. The highest BCUT2D eigenvalue weighted by Crippen LogP contribution is 2.50. The van der Waals surface area contributed by atoms with Crippen LogP contribution in [0.5, 0.6) is 5.75 Å². The van der Waals surface area contributed by atoms with Crippen LogP contribution < -0.4 is 4.74 Å². The van der Waals surface area contributed by atoms with Gasteiger partial charge in [0.15, 0.2) is 0 Å². The molecule has 1 aliphatic carbocycles. The summed E-state index contributed by atoms with van der Waals surface area (Å²) in [7, 11) is 1.67. The predicted molar refractivity (Wildman–Crippen MR) is 123 cm³/mol. The van der Waals surface area contributed by atoms with Crippen molar-refractivity contribution in [2.45, 2.75) is 56.5 Å². The lowest BCUT2D eigenvalue weighted by atomic mass is 9.93. The summed E-state index contributed by atoms with van der Waals surface area (Å²) in [4.78, 5) is 15.8. The van der Waals surface area contributed by atoms with Gasteiger partial charge in [-0.05, 0) is 55.4 Å². The Morgan fingerprint density at radius 1 is 1.12 bits per heavy atom. The van der Waals surface area contributed by atoms with Gasteiger partial charge in [-0.15, -0.1) is 10.2 Å². The summed E-state index contributed by atoms with van der Waals surface area (Å²) < 4.78 is 7.41. The van der Waals surface area contributed by atoms with Crippen LogP contribution in [0.3, 0.4) is 0 Å². The second-order valence-corrected chi connectivity index (χ2v) is 9.00. The van der Waals surface area contributed by atoms with Crippen molar-refractivity contribution in [2.24, 2.45) is 0 Å². The van der Waals surface area contributed by atoms with E-state index in [0.29, 0.717) is 5.91 Å². The zero-order valence-electron chi connectivity index (χ0n) is 18.6. The third-order valence-electron chi connectivity index (χ3n) is 7.03. The summed E-state index contributed by atoms with van der Waals surface area (Å²) in [6.07, 6.45) is 7.58. The molecule has 2 aliphatic rings. The van der Waals surface area contributed by atoms with Crippen molar-refractivity contribution >= 4 is 5.91 Å². The number of ether oxygens (including phenoxy) is 1. The third-order valence-corrected chi connectivity index (χ3v) is 7.03. The maximum Gasteiger partial charge on any atom is 0.233 e. The van der Waals surface area contributed by atoms with E-state index >= 15 is 0 Å². The number of benzene rings is 2. The molecule has 0 radical (unpaired) electrons. The van der Waals surface area contributed by atoms with Crippen molar-refractivity contribution in [1.29, 1.82) is 0 Å². The molecule has 1 saturated heterocycles. The van der Waals surface area contributed by atoms with Gasteiger partial charge in [-0.2, -0.15) is 0 Å². The first kappa shape index (κ1) is 20.7. The van der Waals surface area contributed by atoms with E-state index in [0.717, 1.165) is 68.8 Å². The van der Waals surface area contributed by atoms with E-state index in [-0.39, 0.29) is 11.5 Å². The van der Waals surface area contributed by atoms with Gasteiger partial charge in [0, 0.05) is 19.0 Å². The number of carbonyl (C=O) groups excluding carboxylic acids is 1.